The summed E-state index contributed by atoms with van der Waals surface area (Å²) in [6.45, 7) is 0.282. The van der Waals surface area contributed by atoms with E-state index in [0.717, 1.165) is 12.1 Å². The molecule has 21 heavy (non-hydrogen) atoms. The van der Waals surface area contributed by atoms with Gasteiger partial charge in [0, 0.05) is 32.3 Å². The second-order valence-electron chi connectivity index (χ2n) is 4.15. The van der Waals surface area contributed by atoms with E-state index in [0.29, 0.717) is 0 Å². The number of nitrogens with two attached hydrogens (primary N) is 1. The fraction of sp³-hybridized carbons (Fsp3) is 0.417. The van der Waals surface area contributed by atoms with Crippen molar-refractivity contribution in [1.29, 1.82) is 0 Å². The lowest BCUT2D eigenvalue weighted by Gasteiger charge is -2.22. The molecule has 8 nitrogen and oxygen atoms in total. The van der Waals surface area contributed by atoms with E-state index in [2.05, 4.69) is 0 Å². The Morgan fingerprint density at radius 2 is 2.19 bits per heavy atom. The molecule has 0 aliphatic heterocycles. The van der Waals surface area contributed by atoms with E-state index in [-0.39, 0.29) is 48.3 Å². The lowest BCUT2D eigenvalue weighted by Crippen LogP contribution is -2.36. The summed E-state index contributed by atoms with van der Waals surface area (Å²) in [5, 5.41) is 19.8. The Hall–Kier alpha value is -1.90. The average Bonchev–Trinajstić information content (AvgIpc) is 2.45. The Kier molecular flexibility index (Phi) is 6.35. The number of nitro benzene ring substituents is 1. The standard InChI is InChI=1S/C12H16ClN3O5/c1-21-5-3-15(2-4-17)12(18)9-6-8(16(19)20)7-10(13)11(9)14/h6-7,17H,2-5,14H2,1H3. The number of rotatable bonds is 7. The van der Waals surface area contributed by atoms with Gasteiger partial charge >= 0.3 is 0 Å². The van der Waals surface area contributed by atoms with E-state index in [1.54, 1.807) is 0 Å². The van der Waals surface area contributed by atoms with Crippen molar-refractivity contribution in [2.24, 2.45) is 0 Å². The molecule has 0 heterocycles. The zero-order valence-corrected chi connectivity index (χ0v) is 12.2. The molecule has 1 aromatic carbocycles. The Morgan fingerprint density at radius 1 is 1.52 bits per heavy atom. The molecule has 0 aliphatic carbocycles. The van der Waals surface area contributed by atoms with Crippen molar-refractivity contribution in [2.45, 2.75) is 0 Å². The van der Waals surface area contributed by atoms with Crippen molar-refractivity contribution in [3.63, 3.8) is 0 Å². The maximum atomic E-state index is 12.4. The van der Waals surface area contributed by atoms with E-state index < -0.39 is 10.8 Å². The topological polar surface area (TPSA) is 119 Å². The smallest absolute Gasteiger partial charge is 0.271 e. The third-order valence-corrected chi connectivity index (χ3v) is 3.09. The van der Waals surface area contributed by atoms with Gasteiger partial charge in [0.1, 0.15) is 0 Å². The third-order valence-electron chi connectivity index (χ3n) is 2.78. The van der Waals surface area contributed by atoms with Crippen molar-refractivity contribution in [3.8, 4) is 0 Å². The van der Waals surface area contributed by atoms with Crippen LogP contribution < -0.4 is 5.73 Å². The number of carbonyl (C=O) groups is 1. The quantitative estimate of drug-likeness (QED) is 0.438. The normalized spacial score (nSPS) is 10.4. The van der Waals surface area contributed by atoms with Crippen molar-refractivity contribution in [3.05, 3.63) is 32.8 Å². The molecule has 9 heteroatoms. The number of aliphatic hydroxyl groups is 1. The van der Waals surface area contributed by atoms with Crippen LogP contribution in [0.3, 0.4) is 0 Å². The predicted octanol–water partition coefficient (Wildman–Crippen LogP) is 0.911. The number of hydrogen-bond acceptors (Lipinski definition) is 6. The van der Waals surface area contributed by atoms with Gasteiger partial charge in [0.2, 0.25) is 0 Å². The summed E-state index contributed by atoms with van der Waals surface area (Å²) in [6, 6.07) is 2.15. The molecule has 0 bridgehead atoms. The zero-order valence-electron chi connectivity index (χ0n) is 11.4. The second kappa shape index (κ2) is 7.77. The van der Waals surface area contributed by atoms with Gasteiger partial charge in [-0.25, -0.2) is 0 Å². The summed E-state index contributed by atoms with van der Waals surface area (Å²) in [7, 11) is 1.47. The highest BCUT2D eigenvalue weighted by Gasteiger charge is 2.22. The number of aliphatic hydroxyl groups excluding tert-OH is 1. The van der Waals surface area contributed by atoms with Gasteiger partial charge < -0.3 is 20.5 Å². The number of hydrogen-bond donors (Lipinski definition) is 2. The molecule has 0 radical (unpaired) electrons. The number of nitro groups is 1. The molecular weight excluding hydrogens is 302 g/mol. The van der Waals surface area contributed by atoms with Crippen LogP contribution in [0.4, 0.5) is 11.4 Å². The van der Waals surface area contributed by atoms with Crippen LogP contribution in [0.25, 0.3) is 0 Å². The molecular formula is C12H16ClN3O5. The van der Waals surface area contributed by atoms with Gasteiger partial charge in [0.15, 0.2) is 0 Å². The van der Waals surface area contributed by atoms with Gasteiger partial charge in [0.25, 0.3) is 11.6 Å². The molecule has 0 unspecified atom stereocenters. The first kappa shape index (κ1) is 17.2. The predicted molar refractivity (Wildman–Crippen MR) is 77.4 cm³/mol. The molecule has 116 valence electrons. The monoisotopic (exact) mass is 317 g/mol. The van der Waals surface area contributed by atoms with Gasteiger partial charge in [-0.15, -0.1) is 0 Å². The van der Waals surface area contributed by atoms with Crippen molar-refractivity contribution in [2.75, 3.05) is 39.1 Å². The van der Waals surface area contributed by atoms with Crippen LogP contribution in [0, 0.1) is 10.1 Å². The number of ether oxygens (including phenoxy) is 1. The number of anilines is 1. The van der Waals surface area contributed by atoms with E-state index in [4.69, 9.17) is 27.2 Å². The summed E-state index contributed by atoms with van der Waals surface area (Å²) in [5.74, 6) is -0.552. The van der Waals surface area contributed by atoms with Crippen LogP contribution in [0.5, 0.6) is 0 Å². The van der Waals surface area contributed by atoms with Gasteiger partial charge in [0.05, 0.1) is 34.4 Å². The van der Waals surface area contributed by atoms with E-state index in [1.165, 1.54) is 12.0 Å². The SMILES string of the molecule is COCCN(CCO)C(=O)c1cc([N+](=O)[O-])cc(Cl)c1N. The number of non-ortho nitro benzene ring substituents is 1. The summed E-state index contributed by atoms with van der Waals surface area (Å²) in [4.78, 5) is 23.8. The number of halogens is 1. The number of benzene rings is 1. The van der Waals surface area contributed by atoms with E-state index in [1.807, 2.05) is 0 Å². The summed E-state index contributed by atoms with van der Waals surface area (Å²) >= 11 is 5.82. The van der Waals surface area contributed by atoms with Gasteiger partial charge in [-0.05, 0) is 0 Å². The van der Waals surface area contributed by atoms with Crippen LogP contribution in [-0.2, 0) is 4.74 Å². The highest BCUT2D eigenvalue weighted by molar-refractivity contribution is 6.34. The van der Waals surface area contributed by atoms with Crippen molar-refractivity contribution < 1.29 is 19.6 Å². The number of nitrogens with zero attached hydrogens (tertiary/aromatic N) is 2. The fourth-order valence-corrected chi connectivity index (χ4v) is 1.91. The third kappa shape index (κ3) is 4.28. The fourth-order valence-electron chi connectivity index (χ4n) is 1.69. The minimum atomic E-state index is -0.659. The Labute approximate surface area is 126 Å². The highest BCUT2D eigenvalue weighted by Crippen LogP contribution is 2.29. The molecule has 0 aliphatic rings. The van der Waals surface area contributed by atoms with Crippen LogP contribution in [0.1, 0.15) is 10.4 Å². The Morgan fingerprint density at radius 3 is 2.71 bits per heavy atom. The second-order valence-corrected chi connectivity index (χ2v) is 4.56. The molecule has 1 aromatic rings. The van der Waals surface area contributed by atoms with Crippen LogP contribution >= 0.6 is 11.6 Å². The molecule has 0 saturated heterocycles. The molecule has 0 fully saturated rings. The average molecular weight is 318 g/mol. The maximum absolute atomic E-state index is 12.4. The van der Waals surface area contributed by atoms with Crippen LogP contribution in [0.15, 0.2) is 12.1 Å². The molecule has 0 atom stereocenters. The Balaban J connectivity index is 3.16. The first-order valence-electron chi connectivity index (χ1n) is 6.04. The van der Waals surface area contributed by atoms with Gasteiger partial charge in [-0.1, -0.05) is 11.6 Å². The summed E-state index contributed by atoms with van der Waals surface area (Å²) < 4.78 is 4.88. The summed E-state index contributed by atoms with van der Waals surface area (Å²) in [5.41, 5.74) is 5.29. The molecule has 0 spiro atoms. The first-order chi connectivity index (χ1) is 9.92. The summed E-state index contributed by atoms with van der Waals surface area (Å²) in [6.07, 6.45) is 0. The van der Waals surface area contributed by atoms with Gasteiger partial charge in [-0.2, -0.15) is 0 Å². The molecule has 1 rings (SSSR count). The lowest BCUT2D eigenvalue weighted by atomic mass is 10.1. The largest absolute Gasteiger partial charge is 0.397 e. The number of methoxy groups -OCH3 is 1. The van der Waals surface area contributed by atoms with Crippen molar-refractivity contribution >= 4 is 28.9 Å². The Bertz CT molecular complexity index is 538. The molecule has 0 saturated carbocycles. The lowest BCUT2D eigenvalue weighted by molar-refractivity contribution is -0.384. The van der Waals surface area contributed by atoms with Crippen LogP contribution in [-0.4, -0.2) is 54.3 Å². The zero-order chi connectivity index (χ0) is 16.0. The van der Waals surface area contributed by atoms with Crippen LogP contribution in [0.2, 0.25) is 5.02 Å². The molecule has 1 amide bonds. The highest BCUT2D eigenvalue weighted by atomic mass is 35.5. The minimum absolute atomic E-state index is 0.0346. The number of carbonyl (C=O) groups excluding carboxylic acids is 1. The number of amides is 1. The molecule has 3 N–H and O–H groups in total. The van der Waals surface area contributed by atoms with E-state index >= 15 is 0 Å². The first-order valence-corrected chi connectivity index (χ1v) is 6.42. The van der Waals surface area contributed by atoms with Gasteiger partial charge in [-0.3, -0.25) is 14.9 Å². The van der Waals surface area contributed by atoms with E-state index in [9.17, 15) is 14.9 Å². The molecule has 0 aromatic heterocycles. The number of nitrogen functional groups attached to an aromatic ring is 1. The minimum Gasteiger partial charge on any atom is -0.397 e. The maximum Gasteiger partial charge on any atom is 0.271 e. The van der Waals surface area contributed by atoms with Crippen molar-refractivity contribution in [1.82, 2.24) is 4.90 Å².